The van der Waals surface area contributed by atoms with E-state index in [9.17, 15) is 5.11 Å². The molecule has 1 aliphatic rings. The third-order valence-corrected chi connectivity index (χ3v) is 3.43. The van der Waals surface area contributed by atoms with Gasteiger partial charge >= 0.3 is 0 Å². The van der Waals surface area contributed by atoms with Crippen molar-refractivity contribution in [2.45, 2.75) is 25.5 Å². The summed E-state index contributed by atoms with van der Waals surface area (Å²) in [4.78, 5) is 0. The predicted molar refractivity (Wildman–Crippen MR) is 67.9 cm³/mol. The van der Waals surface area contributed by atoms with E-state index >= 15 is 0 Å². The second-order valence-electron chi connectivity index (χ2n) is 4.88. The number of aliphatic hydroxyl groups is 1. The van der Waals surface area contributed by atoms with Gasteiger partial charge in [-0.05, 0) is 23.5 Å². The lowest BCUT2D eigenvalue weighted by atomic mass is 10.0. The first-order valence-corrected chi connectivity index (χ1v) is 6.20. The molecule has 0 aromatic heterocycles. The van der Waals surface area contributed by atoms with Gasteiger partial charge in [-0.1, -0.05) is 31.2 Å². The van der Waals surface area contributed by atoms with Gasteiger partial charge in [-0.25, -0.2) is 0 Å². The monoisotopic (exact) mass is 235 g/mol. The molecule has 0 radical (unpaired) electrons. The first kappa shape index (κ1) is 12.6. The lowest BCUT2D eigenvalue weighted by molar-refractivity contribution is 0.0617. The summed E-state index contributed by atoms with van der Waals surface area (Å²) >= 11 is 0. The van der Waals surface area contributed by atoms with Crippen LogP contribution in [0.4, 0.5) is 0 Å². The molecule has 1 aromatic carbocycles. The van der Waals surface area contributed by atoms with Crippen LogP contribution in [0.2, 0.25) is 0 Å². The Bertz CT molecular complexity index is 367. The van der Waals surface area contributed by atoms with Crippen molar-refractivity contribution >= 4 is 0 Å². The van der Waals surface area contributed by atoms with E-state index in [4.69, 9.17) is 4.74 Å². The van der Waals surface area contributed by atoms with E-state index in [-0.39, 0.29) is 0 Å². The lowest BCUT2D eigenvalue weighted by Crippen LogP contribution is -2.34. The number of hydrogen-bond donors (Lipinski definition) is 2. The van der Waals surface area contributed by atoms with E-state index in [2.05, 4.69) is 36.5 Å². The van der Waals surface area contributed by atoms with Gasteiger partial charge in [0, 0.05) is 19.7 Å². The molecule has 0 saturated heterocycles. The number of nitrogens with one attached hydrogen (secondary N) is 1. The van der Waals surface area contributed by atoms with E-state index in [0.29, 0.717) is 25.1 Å². The van der Waals surface area contributed by atoms with Crippen LogP contribution in [-0.4, -0.2) is 31.5 Å². The number of rotatable bonds is 5. The van der Waals surface area contributed by atoms with E-state index in [1.54, 1.807) is 7.11 Å². The van der Waals surface area contributed by atoms with Gasteiger partial charge in [0.25, 0.3) is 0 Å². The van der Waals surface area contributed by atoms with Crippen LogP contribution >= 0.6 is 0 Å². The Hall–Kier alpha value is -0.900. The SMILES string of the molecule is COC[C@H](O)CN[C@H]1c2ccccc2C[C@@H]1C. The molecule has 0 bridgehead atoms. The second kappa shape index (κ2) is 5.63. The second-order valence-corrected chi connectivity index (χ2v) is 4.88. The fraction of sp³-hybridized carbons (Fsp3) is 0.571. The summed E-state index contributed by atoms with van der Waals surface area (Å²) in [5.74, 6) is 0.585. The average molecular weight is 235 g/mol. The van der Waals surface area contributed by atoms with Gasteiger partial charge in [0.05, 0.1) is 12.7 Å². The standard InChI is InChI=1S/C14H21NO2/c1-10-7-11-5-3-4-6-13(11)14(10)15-8-12(16)9-17-2/h3-6,10,12,14-16H,7-9H2,1-2H3/t10-,12+,14+/m0/s1. The Morgan fingerprint density at radius 1 is 1.47 bits per heavy atom. The number of benzene rings is 1. The molecule has 2 N–H and O–H groups in total. The van der Waals surface area contributed by atoms with Gasteiger partial charge in [-0.3, -0.25) is 0 Å². The van der Waals surface area contributed by atoms with E-state index in [1.165, 1.54) is 11.1 Å². The van der Waals surface area contributed by atoms with Crippen LogP contribution in [0.1, 0.15) is 24.1 Å². The van der Waals surface area contributed by atoms with Crippen LogP contribution in [0, 0.1) is 5.92 Å². The predicted octanol–water partition coefficient (Wildman–Crippen LogP) is 1.52. The third-order valence-electron chi connectivity index (χ3n) is 3.43. The summed E-state index contributed by atoms with van der Waals surface area (Å²) in [7, 11) is 1.61. The normalized spacial score (nSPS) is 24.6. The van der Waals surface area contributed by atoms with Crippen molar-refractivity contribution < 1.29 is 9.84 Å². The largest absolute Gasteiger partial charge is 0.389 e. The molecular weight excluding hydrogens is 214 g/mol. The Morgan fingerprint density at radius 3 is 3.00 bits per heavy atom. The van der Waals surface area contributed by atoms with Crippen LogP contribution in [0.3, 0.4) is 0 Å². The molecule has 3 atom stereocenters. The molecule has 0 aliphatic heterocycles. The van der Waals surface area contributed by atoms with Crippen molar-refractivity contribution in [3.63, 3.8) is 0 Å². The highest BCUT2D eigenvalue weighted by Crippen LogP contribution is 2.35. The smallest absolute Gasteiger partial charge is 0.0897 e. The quantitative estimate of drug-likeness (QED) is 0.813. The summed E-state index contributed by atoms with van der Waals surface area (Å²) in [6.07, 6.45) is 0.689. The van der Waals surface area contributed by atoms with Gasteiger partial charge in [-0.2, -0.15) is 0 Å². The molecule has 3 nitrogen and oxygen atoms in total. The Morgan fingerprint density at radius 2 is 2.24 bits per heavy atom. The van der Waals surface area contributed by atoms with E-state index in [0.717, 1.165) is 6.42 Å². The maximum Gasteiger partial charge on any atom is 0.0897 e. The van der Waals surface area contributed by atoms with Crippen LogP contribution in [0.15, 0.2) is 24.3 Å². The van der Waals surface area contributed by atoms with Crippen LogP contribution in [-0.2, 0) is 11.2 Å². The molecule has 0 unspecified atom stereocenters. The average Bonchev–Trinajstić information content (AvgIpc) is 2.62. The minimum atomic E-state index is -0.431. The van der Waals surface area contributed by atoms with Crippen molar-refractivity contribution in [1.82, 2.24) is 5.32 Å². The van der Waals surface area contributed by atoms with E-state index < -0.39 is 6.10 Å². The number of hydrogen-bond acceptors (Lipinski definition) is 3. The zero-order valence-electron chi connectivity index (χ0n) is 10.5. The molecule has 94 valence electrons. The Kier molecular flexibility index (Phi) is 4.15. The number of ether oxygens (including phenoxy) is 1. The summed E-state index contributed by atoms with van der Waals surface area (Å²) in [5, 5.41) is 13.1. The van der Waals surface area contributed by atoms with Crippen LogP contribution in [0.25, 0.3) is 0 Å². The molecule has 0 fully saturated rings. The molecule has 0 spiro atoms. The van der Waals surface area contributed by atoms with Crippen LogP contribution in [0.5, 0.6) is 0 Å². The molecule has 2 rings (SSSR count). The van der Waals surface area contributed by atoms with Crippen molar-refractivity contribution in [2.24, 2.45) is 5.92 Å². The van der Waals surface area contributed by atoms with Gasteiger partial charge in [0.1, 0.15) is 0 Å². The third kappa shape index (κ3) is 2.86. The van der Waals surface area contributed by atoms with Crippen molar-refractivity contribution in [1.29, 1.82) is 0 Å². The minimum Gasteiger partial charge on any atom is -0.389 e. The lowest BCUT2D eigenvalue weighted by Gasteiger charge is -2.20. The summed E-state index contributed by atoms with van der Waals surface area (Å²) in [6, 6.07) is 8.90. The zero-order valence-corrected chi connectivity index (χ0v) is 10.5. The fourth-order valence-electron chi connectivity index (χ4n) is 2.62. The Labute approximate surface area is 103 Å². The van der Waals surface area contributed by atoms with Gasteiger partial charge in [-0.15, -0.1) is 0 Å². The molecule has 3 heteroatoms. The molecule has 0 saturated carbocycles. The number of aliphatic hydroxyl groups excluding tert-OH is 1. The molecule has 1 aromatic rings. The summed E-state index contributed by atoms with van der Waals surface area (Å²) in [6.45, 7) is 3.22. The number of fused-ring (bicyclic) bond motifs is 1. The number of methoxy groups -OCH3 is 1. The Balaban J connectivity index is 1.97. The minimum absolute atomic E-state index is 0.359. The first-order valence-electron chi connectivity index (χ1n) is 6.20. The van der Waals surface area contributed by atoms with E-state index in [1.807, 2.05) is 0 Å². The summed E-state index contributed by atoms with van der Waals surface area (Å²) in [5.41, 5.74) is 2.81. The van der Waals surface area contributed by atoms with Crippen molar-refractivity contribution in [3.8, 4) is 0 Å². The maximum absolute atomic E-state index is 9.66. The van der Waals surface area contributed by atoms with Gasteiger partial charge < -0.3 is 15.2 Å². The molecule has 0 heterocycles. The molecule has 17 heavy (non-hydrogen) atoms. The van der Waals surface area contributed by atoms with Gasteiger partial charge in [0.15, 0.2) is 0 Å². The summed E-state index contributed by atoms with van der Waals surface area (Å²) < 4.78 is 4.93. The molecule has 0 amide bonds. The highest BCUT2D eigenvalue weighted by Gasteiger charge is 2.28. The highest BCUT2D eigenvalue weighted by molar-refractivity contribution is 5.35. The van der Waals surface area contributed by atoms with Crippen molar-refractivity contribution in [3.05, 3.63) is 35.4 Å². The molecular formula is C14H21NO2. The fourth-order valence-corrected chi connectivity index (χ4v) is 2.62. The van der Waals surface area contributed by atoms with Crippen LogP contribution < -0.4 is 5.32 Å². The molecule has 1 aliphatic carbocycles. The topological polar surface area (TPSA) is 41.5 Å². The first-order chi connectivity index (χ1) is 8.22. The maximum atomic E-state index is 9.66. The highest BCUT2D eigenvalue weighted by atomic mass is 16.5. The van der Waals surface area contributed by atoms with Crippen molar-refractivity contribution in [2.75, 3.05) is 20.3 Å². The zero-order chi connectivity index (χ0) is 12.3. The van der Waals surface area contributed by atoms with Gasteiger partial charge in [0.2, 0.25) is 0 Å².